The molecular formula is C16H14ClN3OS. The van der Waals surface area contributed by atoms with E-state index >= 15 is 0 Å². The Kier molecular flexibility index (Phi) is 4.27. The largest absolute Gasteiger partial charge is 0.347 e. The lowest BCUT2D eigenvalue weighted by atomic mass is 10.2. The topological polar surface area (TPSA) is 46.9 Å². The number of amides is 1. The van der Waals surface area contributed by atoms with Crippen LogP contribution < -0.4 is 5.32 Å². The molecule has 0 radical (unpaired) electrons. The van der Waals surface area contributed by atoms with E-state index in [0.717, 1.165) is 10.6 Å². The highest BCUT2D eigenvalue weighted by molar-refractivity contribution is 7.10. The second-order valence-corrected chi connectivity index (χ2v) is 6.23. The average molecular weight is 332 g/mol. The maximum absolute atomic E-state index is 12.4. The van der Waals surface area contributed by atoms with Crippen molar-refractivity contribution in [3.05, 3.63) is 69.1 Å². The van der Waals surface area contributed by atoms with Gasteiger partial charge in [-0.25, -0.2) is 4.68 Å². The Labute approximate surface area is 137 Å². The summed E-state index contributed by atoms with van der Waals surface area (Å²) < 4.78 is 1.69. The molecule has 4 nitrogen and oxygen atoms in total. The van der Waals surface area contributed by atoms with Gasteiger partial charge >= 0.3 is 0 Å². The van der Waals surface area contributed by atoms with Crippen LogP contribution in [0, 0.1) is 6.92 Å². The molecule has 3 rings (SSSR count). The van der Waals surface area contributed by atoms with E-state index in [0.29, 0.717) is 17.1 Å². The fourth-order valence-corrected chi connectivity index (χ4v) is 3.14. The van der Waals surface area contributed by atoms with Crippen LogP contribution in [-0.2, 0) is 6.54 Å². The first-order valence-electron chi connectivity index (χ1n) is 6.76. The number of benzene rings is 1. The Morgan fingerprint density at radius 1 is 1.41 bits per heavy atom. The molecule has 3 aromatic rings. The van der Waals surface area contributed by atoms with Crippen molar-refractivity contribution in [3.8, 4) is 5.69 Å². The van der Waals surface area contributed by atoms with Crippen molar-refractivity contribution in [2.24, 2.45) is 0 Å². The molecule has 2 aromatic heterocycles. The fourth-order valence-electron chi connectivity index (χ4n) is 2.09. The Hall–Kier alpha value is -2.11. The summed E-state index contributed by atoms with van der Waals surface area (Å²) >= 11 is 7.79. The van der Waals surface area contributed by atoms with Crippen molar-refractivity contribution >= 4 is 28.8 Å². The van der Waals surface area contributed by atoms with Gasteiger partial charge in [-0.15, -0.1) is 11.3 Å². The highest BCUT2D eigenvalue weighted by Gasteiger charge is 2.12. The van der Waals surface area contributed by atoms with Gasteiger partial charge in [-0.1, -0.05) is 11.6 Å². The number of hydrogen-bond donors (Lipinski definition) is 1. The van der Waals surface area contributed by atoms with Gasteiger partial charge in [0.15, 0.2) is 0 Å². The number of halogens is 1. The molecule has 112 valence electrons. The molecule has 0 bridgehead atoms. The molecule has 1 N–H and O–H groups in total. The molecule has 1 aromatic carbocycles. The number of hydrogen-bond acceptors (Lipinski definition) is 3. The van der Waals surface area contributed by atoms with Gasteiger partial charge in [-0.05, 0) is 48.2 Å². The van der Waals surface area contributed by atoms with Gasteiger partial charge in [0.25, 0.3) is 5.91 Å². The van der Waals surface area contributed by atoms with E-state index in [1.54, 1.807) is 34.3 Å². The summed E-state index contributed by atoms with van der Waals surface area (Å²) in [4.78, 5) is 13.5. The van der Waals surface area contributed by atoms with Crippen molar-refractivity contribution in [2.75, 3.05) is 0 Å². The van der Waals surface area contributed by atoms with Gasteiger partial charge in [0.1, 0.15) is 0 Å². The summed E-state index contributed by atoms with van der Waals surface area (Å²) in [6, 6.07) is 9.15. The molecule has 6 heteroatoms. The molecule has 0 fully saturated rings. The summed E-state index contributed by atoms with van der Waals surface area (Å²) in [5.74, 6) is -0.188. The maximum atomic E-state index is 12.4. The molecule has 0 aliphatic carbocycles. The van der Waals surface area contributed by atoms with Gasteiger partial charge in [0, 0.05) is 17.3 Å². The van der Waals surface area contributed by atoms with Crippen molar-refractivity contribution in [3.63, 3.8) is 0 Å². The van der Waals surface area contributed by atoms with Crippen LogP contribution in [0.3, 0.4) is 0 Å². The Morgan fingerprint density at radius 2 is 2.27 bits per heavy atom. The van der Waals surface area contributed by atoms with Gasteiger partial charge in [-0.3, -0.25) is 4.79 Å². The van der Waals surface area contributed by atoms with E-state index in [-0.39, 0.29) is 5.91 Å². The number of nitrogens with one attached hydrogen (secondary N) is 1. The van der Waals surface area contributed by atoms with Crippen LogP contribution >= 0.6 is 22.9 Å². The molecule has 0 spiro atoms. The zero-order valence-corrected chi connectivity index (χ0v) is 13.5. The number of carbonyl (C=O) groups is 1. The minimum atomic E-state index is -0.188. The van der Waals surface area contributed by atoms with Gasteiger partial charge in [0.05, 0.1) is 22.8 Å². The molecule has 2 heterocycles. The van der Waals surface area contributed by atoms with E-state index in [1.165, 1.54) is 5.56 Å². The molecule has 1 amide bonds. The number of rotatable bonds is 4. The van der Waals surface area contributed by atoms with Crippen LogP contribution in [0.1, 0.15) is 20.8 Å². The Balaban J connectivity index is 1.80. The van der Waals surface area contributed by atoms with Crippen LogP contribution in [0.15, 0.2) is 48.1 Å². The standard InChI is InChI=1S/C16H14ClN3OS/c1-11-5-8-22-15(11)10-18-16(21)13-9-12(3-4-14(13)17)20-7-2-6-19-20/h2-9H,10H2,1H3,(H,18,21). The third-order valence-corrected chi connectivity index (χ3v) is 4.69. The molecule has 0 saturated heterocycles. The van der Waals surface area contributed by atoms with Crippen LogP contribution in [-0.4, -0.2) is 15.7 Å². The summed E-state index contributed by atoms with van der Waals surface area (Å²) in [5, 5.41) is 9.51. The van der Waals surface area contributed by atoms with Crippen LogP contribution in [0.4, 0.5) is 0 Å². The number of carbonyl (C=O) groups excluding carboxylic acids is 1. The zero-order chi connectivity index (χ0) is 15.5. The van der Waals surface area contributed by atoms with E-state index in [9.17, 15) is 4.79 Å². The first kappa shape index (κ1) is 14.8. The summed E-state index contributed by atoms with van der Waals surface area (Å²) in [6.07, 6.45) is 3.51. The average Bonchev–Trinajstić information content (AvgIpc) is 3.17. The predicted octanol–water partition coefficient (Wildman–Crippen LogP) is 3.83. The van der Waals surface area contributed by atoms with E-state index in [2.05, 4.69) is 10.4 Å². The first-order valence-corrected chi connectivity index (χ1v) is 8.01. The second kappa shape index (κ2) is 6.34. The van der Waals surface area contributed by atoms with Crippen LogP contribution in [0.25, 0.3) is 5.69 Å². The van der Waals surface area contributed by atoms with E-state index in [4.69, 9.17) is 11.6 Å². The molecule has 0 aliphatic heterocycles. The Bertz CT molecular complexity index is 796. The molecular weight excluding hydrogens is 318 g/mol. The van der Waals surface area contributed by atoms with Crippen molar-refractivity contribution < 1.29 is 4.79 Å². The smallest absolute Gasteiger partial charge is 0.253 e. The second-order valence-electron chi connectivity index (χ2n) is 4.82. The molecule has 0 atom stereocenters. The number of aromatic nitrogens is 2. The quantitative estimate of drug-likeness (QED) is 0.790. The van der Waals surface area contributed by atoms with E-state index in [1.807, 2.05) is 36.7 Å². The normalized spacial score (nSPS) is 10.6. The first-order chi connectivity index (χ1) is 10.6. The number of thiophene rings is 1. The lowest BCUT2D eigenvalue weighted by Crippen LogP contribution is -2.23. The minimum Gasteiger partial charge on any atom is -0.347 e. The summed E-state index contributed by atoms with van der Waals surface area (Å²) in [6.45, 7) is 2.54. The Morgan fingerprint density at radius 3 is 2.95 bits per heavy atom. The van der Waals surface area contributed by atoms with Gasteiger partial charge < -0.3 is 5.32 Å². The summed E-state index contributed by atoms with van der Waals surface area (Å²) in [7, 11) is 0. The number of aryl methyl sites for hydroxylation is 1. The van der Waals surface area contributed by atoms with E-state index < -0.39 is 0 Å². The fraction of sp³-hybridized carbons (Fsp3) is 0.125. The maximum Gasteiger partial charge on any atom is 0.253 e. The highest BCUT2D eigenvalue weighted by Crippen LogP contribution is 2.20. The molecule has 22 heavy (non-hydrogen) atoms. The molecule has 0 unspecified atom stereocenters. The van der Waals surface area contributed by atoms with Crippen molar-refractivity contribution in [2.45, 2.75) is 13.5 Å². The highest BCUT2D eigenvalue weighted by atomic mass is 35.5. The minimum absolute atomic E-state index is 0.188. The zero-order valence-electron chi connectivity index (χ0n) is 11.9. The summed E-state index contributed by atoms with van der Waals surface area (Å²) in [5.41, 5.74) is 2.43. The van der Waals surface area contributed by atoms with Crippen LogP contribution in [0.2, 0.25) is 5.02 Å². The van der Waals surface area contributed by atoms with Crippen LogP contribution in [0.5, 0.6) is 0 Å². The van der Waals surface area contributed by atoms with Crippen molar-refractivity contribution in [1.82, 2.24) is 15.1 Å². The third kappa shape index (κ3) is 3.05. The van der Waals surface area contributed by atoms with Gasteiger partial charge in [-0.2, -0.15) is 5.10 Å². The monoisotopic (exact) mass is 331 g/mol. The predicted molar refractivity (Wildman–Crippen MR) is 88.8 cm³/mol. The lowest BCUT2D eigenvalue weighted by Gasteiger charge is -2.09. The number of nitrogens with zero attached hydrogens (tertiary/aromatic N) is 2. The SMILES string of the molecule is Cc1ccsc1CNC(=O)c1cc(-n2cccn2)ccc1Cl. The molecule has 0 aliphatic rings. The van der Waals surface area contributed by atoms with Crippen molar-refractivity contribution in [1.29, 1.82) is 0 Å². The van der Waals surface area contributed by atoms with Gasteiger partial charge in [0.2, 0.25) is 0 Å². The lowest BCUT2D eigenvalue weighted by molar-refractivity contribution is 0.0951. The molecule has 0 saturated carbocycles. The third-order valence-electron chi connectivity index (χ3n) is 3.34.